The molecule has 2 unspecified atom stereocenters. The fraction of sp³-hybridized carbons (Fsp3) is 0.800. The van der Waals surface area contributed by atoms with Crippen molar-refractivity contribution >= 4 is 117 Å². The van der Waals surface area contributed by atoms with E-state index in [2.05, 4.69) is 63.7 Å². The molecule has 0 aromatic rings. The summed E-state index contributed by atoms with van der Waals surface area (Å²) in [7, 11) is 0. The molecule has 0 saturated carbocycles. The third-order valence-corrected chi connectivity index (χ3v) is 12.1. The van der Waals surface area contributed by atoms with Crippen LogP contribution in [0.1, 0.15) is 103 Å². The summed E-state index contributed by atoms with van der Waals surface area (Å²) in [6.45, 7) is 15.3. The quantitative estimate of drug-likeness (QED) is 0.0350. The molecule has 2 bridgehead atoms. The second-order valence-electron chi connectivity index (χ2n) is 19.4. The minimum atomic E-state index is -1.98. The Kier molecular flexibility index (Phi) is 22.2. The van der Waals surface area contributed by atoms with E-state index in [1.54, 1.807) is 0 Å². The molecule has 3 saturated heterocycles. The number of carbonyl (C=O) groups is 9. The van der Waals surface area contributed by atoms with Crippen LogP contribution in [0.3, 0.4) is 0 Å². The number of hydrogen-bond acceptors (Lipinski definition) is 18. The predicted octanol–water partition coefficient (Wildman–Crippen LogP) is 5.71. The van der Waals surface area contributed by atoms with Crippen LogP contribution < -0.4 is 0 Å². The van der Waals surface area contributed by atoms with Gasteiger partial charge >= 0.3 is 41.8 Å². The van der Waals surface area contributed by atoms with Crippen LogP contribution in [0.2, 0.25) is 0 Å². The van der Waals surface area contributed by atoms with Gasteiger partial charge in [-0.1, -0.05) is 77.6 Å². The molecule has 3 rings (SSSR count). The molecule has 3 fully saturated rings. The van der Waals surface area contributed by atoms with Gasteiger partial charge in [-0.2, -0.15) is 0 Å². The summed E-state index contributed by atoms with van der Waals surface area (Å²) in [4.78, 5) is 120. The van der Waals surface area contributed by atoms with E-state index in [-0.39, 0.29) is 50.4 Å². The molecule has 19 nitrogen and oxygen atoms in total. The SMILES string of the molecule is CC.CC(C)(Br)C(=O)OCC(C)(COC(=O)C(C)(C)Br)C(=O)OCC(C)(COC(=O)C(C)(COC(=O)C(C)(C)Br)COC(=O)C(C)(C)Br)C(=O)OCCOCCN1C(=O)[C@@H]2C3CCC(O3)[C@@H]2C1=O. The minimum absolute atomic E-state index is 0.0189. The first-order valence-corrected chi connectivity index (χ1v) is 25.3. The number of hydrogen-bond donors (Lipinski definition) is 0. The topological polar surface area (TPSA) is 240 Å². The average Bonchev–Trinajstić information content (AvgIpc) is 3.94. The van der Waals surface area contributed by atoms with Crippen molar-refractivity contribution in [3.05, 3.63) is 0 Å². The molecule has 388 valence electrons. The van der Waals surface area contributed by atoms with E-state index in [1.807, 2.05) is 13.8 Å². The number of ether oxygens (including phenoxy) is 9. The highest BCUT2D eigenvalue weighted by atomic mass is 79.9. The highest BCUT2D eigenvalue weighted by Crippen LogP contribution is 2.48. The number of rotatable bonds is 25. The molecule has 68 heavy (non-hydrogen) atoms. The number of fused-ring (bicyclic) bond motifs is 5. The van der Waals surface area contributed by atoms with Gasteiger partial charge in [-0.15, -0.1) is 0 Å². The number of alkyl halides is 4. The number of likely N-dealkylation sites (tertiary alicyclic amines) is 1. The Balaban J connectivity index is 0.00000782. The summed E-state index contributed by atoms with van der Waals surface area (Å²) in [6.07, 6.45) is 0.922. The van der Waals surface area contributed by atoms with Crippen LogP contribution >= 0.6 is 63.7 Å². The third-order valence-electron chi connectivity index (χ3n) is 10.8. The summed E-state index contributed by atoms with van der Waals surface area (Å²) < 4.78 is 45.2. The molecule has 0 aromatic carbocycles. The zero-order chi connectivity index (χ0) is 52.4. The maximum Gasteiger partial charge on any atom is 0.322 e. The van der Waals surface area contributed by atoms with Crippen molar-refractivity contribution in [2.45, 2.75) is 132 Å². The molecule has 4 atom stereocenters. The first-order chi connectivity index (χ1) is 31.1. The zero-order valence-corrected chi connectivity index (χ0v) is 47.4. The largest absolute Gasteiger partial charge is 0.464 e. The van der Waals surface area contributed by atoms with Crippen LogP contribution in [-0.4, -0.2) is 154 Å². The number of amides is 2. The summed E-state index contributed by atoms with van der Waals surface area (Å²) in [5.41, 5.74) is -5.65. The minimum Gasteiger partial charge on any atom is -0.464 e. The van der Waals surface area contributed by atoms with Crippen LogP contribution in [-0.2, 0) is 85.8 Å². The maximum atomic E-state index is 13.9. The Hall–Kier alpha value is -2.73. The van der Waals surface area contributed by atoms with E-state index in [4.69, 9.17) is 42.6 Å². The van der Waals surface area contributed by atoms with E-state index < -0.39 is 127 Å². The molecule has 2 amide bonds. The Morgan fingerprint density at radius 1 is 0.456 bits per heavy atom. The van der Waals surface area contributed by atoms with Crippen molar-refractivity contribution in [1.29, 1.82) is 0 Å². The molecule has 0 radical (unpaired) electrons. The van der Waals surface area contributed by atoms with E-state index in [9.17, 15) is 43.2 Å². The molecule has 0 spiro atoms. The first kappa shape index (κ1) is 61.4. The highest BCUT2D eigenvalue weighted by molar-refractivity contribution is 9.10. The lowest BCUT2D eigenvalue weighted by molar-refractivity contribution is -0.182. The lowest BCUT2D eigenvalue weighted by atomic mass is 9.81. The molecule has 0 aromatic heterocycles. The highest BCUT2D eigenvalue weighted by Gasteiger charge is 2.62. The molecular weight excluding hydrogens is 1160 g/mol. The number of carbonyl (C=O) groups excluding carboxylic acids is 9. The van der Waals surface area contributed by atoms with E-state index >= 15 is 0 Å². The van der Waals surface area contributed by atoms with Gasteiger partial charge in [0.2, 0.25) is 11.8 Å². The van der Waals surface area contributed by atoms with Gasteiger partial charge in [-0.05, 0) is 89.0 Å². The summed E-state index contributed by atoms with van der Waals surface area (Å²) in [5, 5.41) is 0. The van der Waals surface area contributed by atoms with Crippen LogP contribution in [0.25, 0.3) is 0 Å². The number of esters is 7. The molecule has 0 aliphatic carbocycles. The Morgan fingerprint density at radius 3 is 1.00 bits per heavy atom. The third kappa shape index (κ3) is 16.7. The van der Waals surface area contributed by atoms with Crippen molar-refractivity contribution < 1.29 is 85.8 Å². The fourth-order valence-electron chi connectivity index (χ4n) is 6.48. The van der Waals surface area contributed by atoms with Gasteiger partial charge in [0, 0.05) is 0 Å². The second-order valence-corrected chi connectivity index (χ2v) is 27.4. The van der Waals surface area contributed by atoms with Crippen molar-refractivity contribution in [2.24, 2.45) is 28.1 Å². The Labute approximate surface area is 431 Å². The normalized spacial score (nSPS) is 19.6. The summed E-state index contributed by atoms with van der Waals surface area (Å²) in [5.74, 6) is -7.79. The van der Waals surface area contributed by atoms with Crippen molar-refractivity contribution in [2.75, 3.05) is 66.0 Å². The van der Waals surface area contributed by atoms with Gasteiger partial charge in [0.05, 0.1) is 43.8 Å². The lowest BCUT2D eigenvalue weighted by Crippen LogP contribution is -2.47. The van der Waals surface area contributed by atoms with Crippen LogP contribution in [0, 0.1) is 28.1 Å². The molecule has 0 N–H and O–H groups in total. The molecule has 3 aliphatic heterocycles. The predicted molar refractivity (Wildman–Crippen MR) is 257 cm³/mol. The van der Waals surface area contributed by atoms with Crippen molar-refractivity contribution in [1.82, 2.24) is 4.90 Å². The standard InChI is InChI=1S/C43H61Br4NO18.C2H6/c1-37(2,44)30(51)60-18-42(10,19-61-31(52)38(3,4)45)35(56)64-22-41(9,23-65-36(57)43(11,20-62-32(53)39(5,6)46)21-63-33(54)40(7,8)47)34(55)59-17-16-58-15-14-48-28(49)26-24-12-13-25(66-24)27(26)29(48)50;1-2/h24-27H,12-23H2,1-11H3;1-2H3/t24?,25?,26-,27+;. The first-order valence-electron chi connectivity index (χ1n) is 22.1. The van der Waals surface area contributed by atoms with E-state index in [0.29, 0.717) is 0 Å². The van der Waals surface area contributed by atoms with Crippen molar-refractivity contribution in [3.63, 3.8) is 0 Å². The molecule has 3 aliphatic rings. The van der Waals surface area contributed by atoms with Crippen LogP contribution in [0.5, 0.6) is 0 Å². The summed E-state index contributed by atoms with van der Waals surface area (Å²) >= 11 is 12.8. The summed E-state index contributed by atoms with van der Waals surface area (Å²) in [6, 6.07) is 0. The maximum absolute atomic E-state index is 13.9. The van der Waals surface area contributed by atoms with Crippen LogP contribution in [0.15, 0.2) is 0 Å². The molecular formula is C45H67Br4NO18. The van der Waals surface area contributed by atoms with Gasteiger partial charge in [-0.3, -0.25) is 48.1 Å². The molecule has 3 heterocycles. The Bertz CT molecular complexity index is 1690. The van der Waals surface area contributed by atoms with Crippen LogP contribution in [0.4, 0.5) is 0 Å². The van der Waals surface area contributed by atoms with Gasteiger partial charge in [0.15, 0.2) is 0 Å². The van der Waals surface area contributed by atoms with E-state index in [0.717, 1.165) is 12.8 Å². The van der Waals surface area contributed by atoms with Gasteiger partial charge in [-0.25, -0.2) is 0 Å². The zero-order valence-electron chi connectivity index (χ0n) is 41.1. The van der Waals surface area contributed by atoms with E-state index in [1.165, 1.54) is 81.1 Å². The lowest BCUT2D eigenvalue weighted by Gasteiger charge is -2.33. The van der Waals surface area contributed by atoms with Gasteiger partial charge in [0.25, 0.3) is 0 Å². The Morgan fingerprint density at radius 2 is 0.721 bits per heavy atom. The number of nitrogens with zero attached hydrogens (tertiary/aromatic N) is 1. The number of imide groups is 1. The number of halogens is 4. The van der Waals surface area contributed by atoms with Gasteiger partial charge < -0.3 is 42.6 Å². The second kappa shape index (κ2) is 24.6. The molecule has 23 heteroatoms. The van der Waals surface area contributed by atoms with Crippen molar-refractivity contribution in [3.8, 4) is 0 Å². The average molecular weight is 1230 g/mol. The monoisotopic (exact) mass is 1230 g/mol. The van der Waals surface area contributed by atoms with Gasteiger partial charge in [0.1, 0.15) is 79.8 Å². The fourth-order valence-corrected chi connectivity index (χ4v) is 6.94. The smallest absolute Gasteiger partial charge is 0.322 e.